The lowest BCUT2D eigenvalue weighted by molar-refractivity contribution is 0.0178. The maximum atomic E-state index is 15.7. The van der Waals surface area contributed by atoms with E-state index in [9.17, 15) is 26.3 Å². The van der Waals surface area contributed by atoms with Crippen LogP contribution in [0.3, 0.4) is 0 Å². The Morgan fingerprint density at radius 3 is 0.978 bits per heavy atom. The molecule has 4 fully saturated rings. The summed E-state index contributed by atoms with van der Waals surface area (Å²) < 4.78 is 155. The molecule has 4 aliphatic carbocycles. The van der Waals surface area contributed by atoms with Crippen molar-refractivity contribution >= 4 is 22.3 Å². The zero-order valence-corrected chi connectivity index (χ0v) is 83.0. The fourth-order valence-electron chi connectivity index (χ4n) is 23.8. The number of benzene rings is 8. The first-order valence-corrected chi connectivity index (χ1v) is 50.6. The van der Waals surface area contributed by atoms with Crippen molar-refractivity contribution in [3.63, 3.8) is 0 Å². The van der Waals surface area contributed by atoms with E-state index in [1.165, 1.54) is 110 Å². The second-order valence-electron chi connectivity index (χ2n) is 43.6. The average Bonchev–Trinajstić information content (AvgIpc) is 1.61. The third-order valence-electron chi connectivity index (χ3n) is 30.0. The van der Waals surface area contributed by atoms with E-state index in [2.05, 4.69) is 190 Å². The first-order chi connectivity index (χ1) is 65.5. The standard InChI is InChI=1S/C29H34F4N2O.2C29H36F2N2O.C29H37FN2O/c1-18-10-23-22-7-5-4-6-20(22)11-24(23)28(35(18)17-29(2,3)33)27-25(31)12-21(13-26(27)32)36-9-8-34-15-19(14-30)16-34;1-20-14-26-25-7-5-4-6-23(25)15-27(26)28(33(20)19-29(2,3)31)22-8-10-24(11-9-22)34-13-12-32-17-21(16-30)18-32;1-5-12-32-16-22(17-32)34-27-11-10-21(15-26(27)30)28-25-14-20-8-6-7-9-23(20)24(25)13-19(2)33(28)18-29(3,4)31;1-5-14-31-17-24(18-31)33-23-12-10-21(11-13-23)28-27-16-22-8-6-7-9-25(22)26(27)15-20(2)32(28)19-29(3,4)30/h4-7,12-13,18-19,28H,8-11,14-17H2,1-3H3;4-11,20-21,28H,12-19H2,1-3H3;6-11,15,19,22,28H,5,12-14,16-18H2,1-4H3;6-13,20,24,28H,5,14-19H2,1-4H3/t18-,28+;20-,28-;19-,28-;20-,28-/m1111/s1. The molecule has 21 heteroatoms. The van der Waals surface area contributed by atoms with Crippen LogP contribution in [0.15, 0.2) is 198 Å². The fourth-order valence-corrected chi connectivity index (χ4v) is 23.8. The van der Waals surface area contributed by atoms with Crippen LogP contribution in [0, 0.1) is 29.3 Å². The minimum absolute atomic E-state index is 0.0454. The van der Waals surface area contributed by atoms with Gasteiger partial charge in [0.25, 0.3) is 0 Å². The van der Waals surface area contributed by atoms with Crippen LogP contribution in [-0.4, -0.2) is 230 Å². The summed E-state index contributed by atoms with van der Waals surface area (Å²) >= 11 is 0. The summed E-state index contributed by atoms with van der Waals surface area (Å²) in [6, 6.07) is 58.8. The van der Waals surface area contributed by atoms with E-state index < -0.39 is 40.4 Å². The molecule has 4 saturated heterocycles. The van der Waals surface area contributed by atoms with Gasteiger partial charge in [-0.05, 0) is 303 Å². The van der Waals surface area contributed by atoms with Crippen LogP contribution in [0.4, 0.5) is 39.5 Å². The number of hydrogen-bond acceptors (Lipinski definition) is 12. The largest absolute Gasteiger partial charge is 0.492 e. The third kappa shape index (κ3) is 22.9. The van der Waals surface area contributed by atoms with E-state index in [1.54, 1.807) is 53.7 Å². The van der Waals surface area contributed by atoms with E-state index >= 15 is 13.2 Å². The second-order valence-corrected chi connectivity index (χ2v) is 43.6. The molecule has 0 saturated carbocycles. The van der Waals surface area contributed by atoms with E-state index in [1.807, 2.05) is 42.2 Å². The summed E-state index contributed by atoms with van der Waals surface area (Å²) in [5, 5.41) is 0. The Hall–Kier alpha value is -9.03. The van der Waals surface area contributed by atoms with E-state index in [4.69, 9.17) is 18.9 Å². The predicted octanol–water partition coefficient (Wildman–Crippen LogP) is 24.2. The molecule has 8 atom stereocenters. The zero-order chi connectivity index (χ0) is 96.7. The van der Waals surface area contributed by atoms with Crippen LogP contribution in [0.5, 0.6) is 23.0 Å². The molecule has 8 aliphatic heterocycles. The van der Waals surface area contributed by atoms with Crippen molar-refractivity contribution in [3.8, 4) is 23.0 Å². The van der Waals surface area contributed by atoms with Gasteiger partial charge in [-0.25, -0.2) is 30.7 Å². The number of halogens is 9. The van der Waals surface area contributed by atoms with Crippen LogP contribution < -0.4 is 18.9 Å². The predicted molar refractivity (Wildman–Crippen MR) is 534 cm³/mol. The van der Waals surface area contributed by atoms with Gasteiger partial charge in [-0.15, -0.1) is 0 Å². The lowest BCUT2D eigenvalue weighted by Gasteiger charge is -2.44. The third-order valence-corrected chi connectivity index (χ3v) is 30.0. The summed E-state index contributed by atoms with van der Waals surface area (Å²) in [6.45, 7) is 37.9. The maximum Gasteiger partial charge on any atom is 0.165 e. The van der Waals surface area contributed by atoms with Gasteiger partial charge in [0.05, 0.1) is 37.5 Å². The second kappa shape index (κ2) is 42.0. The molecule has 0 spiro atoms. The zero-order valence-electron chi connectivity index (χ0n) is 83.0. The molecule has 0 amide bonds. The Kier molecular flexibility index (Phi) is 30.5. The lowest BCUT2D eigenvalue weighted by Crippen LogP contribution is -2.53. The average molecular weight is 1880 g/mol. The van der Waals surface area contributed by atoms with Crippen molar-refractivity contribution in [1.29, 1.82) is 0 Å². The van der Waals surface area contributed by atoms with Crippen LogP contribution in [0.25, 0.3) is 22.3 Å². The molecule has 8 aromatic carbocycles. The van der Waals surface area contributed by atoms with Crippen molar-refractivity contribution in [1.82, 2.24) is 39.2 Å². The van der Waals surface area contributed by atoms with Gasteiger partial charge in [0.2, 0.25) is 0 Å². The summed E-state index contributed by atoms with van der Waals surface area (Å²) in [5.41, 5.74) is 18.8. The number of nitrogens with zero attached hydrogens (tertiary/aromatic N) is 8. The van der Waals surface area contributed by atoms with Crippen molar-refractivity contribution in [2.45, 2.75) is 244 Å². The van der Waals surface area contributed by atoms with Gasteiger partial charge in [0, 0.05) is 145 Å². The molecule has 137 heavy (non-hydrogen) atoms. The molecule has 12 aliphatic rings. The number of likely N-dealkylation sites (tertiary alicyclic amines) is 4. The lowest BCUT2D eigenvalue weighted by atomic mass is 9.84. The summed E-state index contributed by atoms with van der Waals surface area (Å²) in [5.74, 6) is 0.801. The topological polar surface area (TPSA) is 62.8 Å². The molecule has 0 unspecified atom stereocenters. The Balaban J connectivity index is 0.000000127. The summed E-state index contributed by atoms with van der Waals surface area (Å²) in [7, 11) is 0. The quantitative estimate of drug-likeness (QED) is 0.0403. The molecule has 12 nitrogen and oxygen atoms in total. The van der Waals surface area contributed by atoms with Crippen LogP contribution >= 0.6 is 0 Å². The molecule has 20 rings (SSSR count). The Bertz CT molecular complexity index is 5650. The van der Waals surface area contributed by atoms with Gasteiger partial charge in [0.1, 0.15) is 77.0 Å². The van der Waals surface area contributed by atoms with Gasteiger partial charge < -0.3 is 18.9 Å². The number of fused-ring (bicyclic) bond motifs is 8. The van der Waals surface area contributed by atoms with Gasteiger partial charge in [-0.3, -0.25) is 48.0 Å². The molecule has 0 aromatic heterocycles. The minimum Gasteiger partial charge on any atom is -0.492 e. The van der Waals surface area contributed by atoms with Crippen molar-refractivity contribution in [2.75, 3.05) is 131 Å². The number of hydrogen-bond donors (Lipinski definition) is 0. The number of ether oxygens (including phenoxy) is 4. The highest BCUT2D eigenvalue weighted by Crippen LogP contribution is 2.56. The van der Waals surface area contributed by atoms with Gasteiger partial charge >= 0.3 is 0 Å². The van der Waals surface area contributed by atoms with Crippen molar-refractivity contribution in [2.24, 2.45) is 11.8 Å². The highest BCUT2D eigenvalue weighted by molar-refractivity contribution is 5.82. The maximum absolute atomic E-state index is 15.7. The Labute approximate surface area is 808 Å². The molecule has 0 N–H and O–H groups in total. The molecule has 8 heterocycles. The number of alkyl halides is 6. The fraction of sp³-hybridized carbons (Fsp3) is 0.517. The summed E-state index contributed by atoms with van der Waals surface area (Å²) in [4.78, 5) is 17.9. The first-order valence-electron chi connectivity index (χ1n) is 50.6. The van der Waals surface area contributed by atoms with E-state index in [-0.39, 0.29) is 104 Å². The summed E-state index contributed by atoms with van der Waals surface area (Å²) in [6.07, 6.45) is 9.50. The monoisotopic (exact) mass is 1880 g/mol. The molecule has 8 aromatic rings. The minimum atomic E-state index is -1.52. The molecular formula is C116H143F9N8O4. The molecule has 0 radical (unpaired) electrons. The Morgan fingerprint density at radius 2 is 0.635 bits per heavy atom. The smallest absolute Gasteiger partial charge is 0.165 e. The van der Waals surface area contributed by atoms with Crippen LogP contribution in [0.2, 0.25) is 0 Å². The Morgan fingerprint density at radius 1 is 0.328 bits per heavy atom. The molecule has 0 bridgehead atoms. The van der Waals surface area contributed by atoms with Gasteiger partial charge in [-0.1, -0.05) is 141 Å². The van der Waals surface area contributed by atoms with Gasteiger partial charge in [-0.2, -0.15) is 0 Å². The van der Waals surface area contributed by atoms with Crippen molar-refractivity contribution < 1.29 is 58.5 Å². The van der Waals surface area contributed by atoms with Crippen LogP contribution in [-0.2, 0) is 25.7 Å². The van der Waals surface area contributed by atoms with Crippen molar-refractivity contribution in [3.05, 3.63) is 282 Å². The molecular weight excluding hydrogens is 1740 g/mol. The van der Waals surface area contributed by atoms with Crippen LogP contribution in [0.1, 0.15) is 226 Å². The number of rotatable bonds is 30. The molecule has 734 valence electrons. The first kappa shape index (κ1) is 99.5. The normalized spacial score (nSPS) is 23.5. The van der Waals surface area contributed by atoms with E-state index in [0.29, 0.717) is 70.6 Å². The highest BCUT2D eigenvalue weighted by atomic mass is 19.2. The SMILES string of the molecule is CCCN1CC(Oc2ccc([C@@H]3C4=C(C[C@@H](C)N3CC(C)(C)F)c3ccccc3C4)cc2)C1.CCCN1CC(Oc2ccc([C@@H]3C4=C(C[C@@H](C)N3CC(C)(C)F)c3ccccc3C4)cc2F)C1.C[C@@H]1CC2=C(Cc3ccccc32)[C@@H](c2c(F)cc(OCCN3CC(CF)C3)cc2F)N1CC(C)(C)F.C[C@@H]1CC2=C(Cc3ccccc32)[C@@H](c2ccc(OCCN3CC(CF)C3)cc2)N1CC(C)(C)F. The van der Waals surface area contributed by atoms with Gasteiger partial charge in [0.15, 0.2) is 11.6 Å². The van der Waals surface area contributed by atoms with E-state index in [0.717, 1.165) is 143 Å². The highest BCUT2D eigenvalue weighted by Gasteiger charge is 2.48.